The molecule has 5 nitrogen and oxygen atoms in total. The molecule has 2 aromatic carbocycles. The highest BCUT2D eigenvalue weighted by Gasteiger charge is 2.21. The Bertz CT molecular complexity index is 805. The minimum Gasteiger partial charge on any atom is -0.508 e. The zero-order valence-electron chi connectivity index (χ0n) is 15.2. The van der Waals surface area contributed by atoms with E-state index in [1.54, 1.807) is 31.2 Å². The maximum Gasteiger partial charge on any atom is 0.306 e. The smallest absolute Gasteiger partial charge is 0.306 e. The first-order valence-corrected chi connectivity index (χ1v) is 9.10. The van der Waals surface area contributed by atoms with Crippen molar-refractivity contribution >= 4 is 5.97 Å². The first-order chi connectivity index (χ1) is 13.0. The summed E-state index contributed by atoms with van der Waals surface area (Å²) in [7, 11) is 0. The van der Waals surface area contributed by atoms with Gasteiger partial charge >= 0.3 is 5.97 Å². The van der Waals surface area contributed by atoms with E-state index < -0.39 is 5.82 Å². The van der Waals surface area contributed by atoms with Gasteiger partial charge in [-0.2, -0.15) is 0 Å². The number of fused-ring (bicyclic) bond motifs is 1. The number of aromatic hydroxyl groups is 1. The third kappa shape index (κ3) is 5.12. The van der Waals surface area contributed by atoms with Crippen molar-refractivity contribution in [2.45, 2.75) is 38.7 Å². The van der Waals surface area contributed by atoms with Gasteiger partial charge < -0.3 is 19.3 Å². The number of hydrogen-bond donors (Lipinski definition) is 1. The number of carbonyl (C=O) groups excluding carboxylic acids is 1. The molecule has 0 amide bonds. The summed E-state index contributed by atoms with van der Waals surface area (Å²) in [5.74, 6) is 0.499. The van der Waals surface area contributed by atoms with Gasteiger partial charge in [-0.1, -0.05) is 12.1 Å². The van der Waals surface area contributed by atoms with Gasteiger partial charge in [0.25, 0.3) is 0 Å². The molecule has 27 heavy (non-hydrogen) atoms. The fraction of sp³-hybridized carbons (Fsp3) is 0.381. The maximum absolute atomic E-state index is 14.2. The van der Waals surface area contributed by atoms with Crippen molar-refractivity contribution in [1.29, 1.82) is 0 Å². The van der Waals surface area contributed by atoms with Gasteiger partial charge in [0.2, 0.25) is 0 Å². The molecule has 0 aliphatic carbocycles. The molecule has 0 spiro atoms. The van der Waals surface area contributed by atoms with Gasteiger partial charge in [-0.3, -0.25) is 4.79 Å². The fourth-order valence-corrected chi connectivity index (χ4v) is 3.01. The number of halogens is 1. The predicted octanol–water partition coefficient (Wildman–Crippen LogP) is 3.80. The van der Waals surface area contributed by atoms with E-state index in [0.717, 1.165) is 18.4 Å². The zero-order chi connectivity index (χ0) is 19.2. The molecule has 6 heteroatoms. The molecule has 1 aliphatic rings. The van der Waals surface area contributed by atoms with E-state index in [0.29, 0.717) is 23.7 Å². The number of phenolic OH excluding ortho intramolecular Hbond substituents is 1. The molecule has 0 saturated carbocycles. The lowest BCUT2D eigenvalue weighted by atomic mass is 10.0. The molecule has 3 rings (SSSR count). The number of hydrogen-bond acceptors (Lipinski definition) is 5. The number of esters is 1. The highest BCUT2D eigenvalue weighted by atomic mass is 19.1. The third-order valence-corrected chi connectivity index (χ3v) is 4.44. The van der Waals surface area contributed by atoms with E-state index in [1.807, 2.05) is 6.07 Å². The molecule has 1 unspecified atom stereocenters. The van der Waals surface area contributed by atoms with Crippen molar-refractivity contribution < 1.29 is 28.5 Å². The fourth-order valence-electron chi connectivity index (χ4n) is 3.01. The zero-order valence-corrected chi connectivity index (χ0v) is 15.2. The Balaban J connectivity index is 1.53. The Kier molecular flexibility index (Phi) is 6.16. The third-order valence-electron chi connectivity index (χ3n) is 4.44. The summed E-state index contributed by atoms with van der Waals surface area (Å²) in [5, 5.41) is 9.56. The summed E-state index contributed by atoms with van der Waals surface area (Å²) < 4.78 is 30.6. The van der Waals surface area contributed by atoms with Gasteiger partial charge in [0.05, 0.1) is 6.61 Å². The highest BCUT2D eigenvalue weighted by Crippen LogP contribution is 2.31. The average molecular weight is 374 g/mol. The predicted molar refractivity (Wildman–Crippen MR) is 97.7 cm³/mol. The molecule has 1 heterocycles. The van der Waals surface area contributed by atoms with Crippen LogP contribution < -0.4 is 9.47 Å². The van der Waals surface area contributed by atoms with E-state index in [9.17, 15) is 14.3 Å². The Labute approximate surface area is 157 Å². The van der Waals surface area contributed by atoms with Crippen molar-refractivity contribution in [3.8, 4) is 17.2 Å². The Morgan fingerprint density at radius 1 is 1.30 bits per heavy atom. The normalized spacial score (nSPS) is 15.6. The summed E-state index contributed by atoms with van der Waals surface area (Å²) in [6.07, 6.45) is 1.90. The standard InChI is InChI=1S/C21H23FO5/c1-2-25-21(24)10-6-14-4-8-17(12-19(14)22)26-13-18-9-5-15-3-7-16(23)11-20(15)27-18/h3-4,7-8,11-12,18,23H,2,5-6,9-10,13H2,1H3. The summed E-state index contributed by atoms with van der Waals surface area (Å²) in [4.78, 5) is 11.4. The van der Waals surface area contributed by atoms with E-state index in [2.05, 4.69) is 0 Å². The maximum atomic E-state index is 14.2. The van der Waals surface area contributed by atoms with Crippen LogP contribution in [0.25, 0.3) is 0 Å². The Hall–Kier alpha value is -2.76. The summed E-state index contributed by atoms with van der Waals surface area (Å²) >= 11 is 0. The van der Waals surface area contributed by atoms with E-state index in [4.69, 9.17) is 14.2 Å². The van der Waals surface area contributed by atoms with Crippen LogP contribution in [0.2, 0.25) is 0 Å². The lowest BCUT2D eigenvalue weighted by molar-refractivity contribution is -0.143. The van der Waals surface area contributed by atoms with Gasteiger partial charge in [-0.05, 0) is 49.4 Å². The van der Waals surface area contributed by atoms with Crippen LogP contribution in [-0.2, 0) is 22.4 Å². The lowest BCUT2D eigenvalue weighted by Gasteiger charge is -2.26. The van der Waals surface area contributed by atoms with Crippen LogP contribution in [0.4, 0.5) is 4.39 Å². The average Bonchev–Trinajstić information content (AvgIpc) is 2.65. The molecule has 2 aromatic rings. The van der Waals surface area contributed by atoms with E-state index in [1.165, 1.54) is 6.07 Å². The minimum atomic E-state index is -0.406. The van der Waals surface area contributed by atoms with Crippen LogP contribution in [-0.4, -0.2) is 30.4 Å². The SMILES string of the molecule is CCOC(=O)CCc1ccc(OCC2CCc3ccc(O)cc3O2)cc1F. The number of phenols is 1. The van der Waals surface area contributed by atoms with Crippen molar-refractivity contribution in [3.05, 3.63) is 53.3 Å². The Morgan fingerprint density at radius 2 is 2.15 bits per heavy atom. The minimum absolute atomic E-state index is 0.146. The second-order valence-electron chi connectivity index (χ2n) is 6.44. The molecule has 0 saturated heterocycles. The van der Waals surface area contributed by atoms with Crippen molar-refractivity contribution in [3.63, 3.8) is 0 Å². The molecular weight excluding hydrogens is 351 g/mol. The van der Waals surface area contributed by atoms with E-state index in [-0.39, 0.29) is 37.3 Å². The van der Waals surface area contributed by atoms with Crippen LogP contribution in [0, 0.1) is 5.82 Å². The number of benzene rings is 2. The number of rotatable bonds is 7. The number of ether oxygens (including phenoxy) is 3. The molecule has 0 radical (unpaired) electrons. The summed E-state index contributed by atoms with van der Waals surface area (Å²) in [6.45, 7) is 2.35. The molecule has 0 bridgehead atoms. The van der Waals surface area contributed by atoms with Gasteiger partial charge in [0, 0.05) is 18.6 Å². The van der Waals surface area contributed by atoms with Crippen molar-refractivity contribution in [2.24, 2.45) is 0 Å². The first kappa shape index (κ1) is 19.0. The van der Waals surface area contributed by atoms with Gasteiger partial charge in [-0.25, -0.2) is 4.39 Å². The second kappa shape index (κ2) is 8.75. The monoisotopic (exact) mass is 374 g/mol. The highest BCUT2D eigenvalue weighted by molar-refractivity contribution is 5.69. The van der Waals surface area contributed by atoms with Crippen LogP contribution in [0.5, 0.6) is 17.2 Å². The molecule has 1 N–H and O–H groups in total. The summed E-state index contributed by atoms with van der Waals surface area (Å²) in [5.41, 5.74) is 1.51. The number of aryl methyl sites for hydroxylation is 2. The van der Waals surface area contributed by atoms with Gasteiger partial charge in [0.1, 0.15) is 35.8 Å². The number of carbonyl (C=O) groups is 1. The largest absolute Gasteiger partial charge is 0.508 e. The molecule has 1 atom stereocenters. The first-order valence-electron chi connectivity index (χ1n) is 9.10. The molecule has 1 aliphatic heterocycles. The van der Waals surface area contributed by atoms with Crippen molar-refractivity contribution in [2.75, 3.05) is 13.2 Å². The quantitative estimate of drug-likeness (QED) is 0.747. The van der Waals surface area contributed by atoms with Gasteiger partial charge in [0.15, 0.2) is 0 Å². The Morgan fingerprint density at radius 3 is 2.93 bits per heavy atom. The second-order valence-corrected chi connectivity index (χ2v) is 6.44. The molecule has 0 aromatic heterocycles. The van der Waals surface area contributed by atoms with Gasteiger partial charge in [-0.15, -0.1) is 0 Å². The molecular formula is C21H23FO5. The lowest BCUT2D eigenvalue weighted by Crippen LogP contribution is -2.29. The molecule has 144 valence electrons. The molecule has 0 fully saturated rings. The van der Waals surface area contributed by atoms with Crippen molar-refractivity contribution in [1.82, 2.24) is 0 Å². The topological polar surface area (TPSA) is 65.0 Å². The van der Waals surface area contributed by atoms with Crippen LogP contribution in [0.1, 0.15) is 30.9 Å². The van der Waals surface area contributed by atoms with E-state index >= 15 is 0 Å². The van der Waals surface area contributed by atoms with Crippen LogP contribution in [0.3, 0.4) is 0 Å². The van der Waals surface area contributed by atoms with Crippen LogP contribution in [0.15, 0.2) is 36.4 Å². The van der Waals surface area contributed by atoms with Crippen LogP contribution >= 0.6 is 0 Å². The summed E-state index contributed by atoms with van der Waals surface area (Å²) in [6, 6.07) is 9.73.